The van der Waals surface area contributed by atoms with Gasteiger partial charge >= 0.3 is 12.1 Å². The van der Waals surface area contributed by atoms with Crippen molar-refractivity contribution in [1.29, 1.82) is 0 Å². The molecule has 0 aliphatic heterocycles. The van der Waals surface area contributed by atoms with Gasteiger partial charge in [-0.2, -0.15) is 0 Å². The summed E-state index contributed by atoms with van der Waals surface area (Å²) < 4.78 is 11.2. The number of hydrogen-bond acceptors (Lipinski definition) is 7. The van der Waals surface area contributed by atoms with Crippen molar-refractivity contribution in [3.05, 3.63) is 119 Å². The summed E-state index contributed by atoms with van der Waals surface area (Å²) in [5, 5.41) is 12.1. The van der Waals surface area contributed by atoms with Gasteiger partial charge in [-0.15, -0.1) is 0 Å². The molecule has 0 saturated heterocycles. The van der Waals surface area contributed by atoms with Crippen molar-refractivity contribution in [2.24, 2.45) is 0 Å². The first-order valence-corrected chi connectivity index (χ1v) is 24.6. The number of benzene rings is 6. The van der Waals surface area contributed by atoms with Gasteiger partial charge in [-0.3, -0.25) is 14.4 Å². The molecule has 10 nitrogen and oxygen atoms in total. The molecule has 6 rings (SSSR count). The van der Waals surface area contributed by atoms with E-state index in [0.717, 1.165) is 117 Å². The molecule has 0 aliphatic rings. The normalized spacial score (nSPS) is 11.9. The Bertz CT molecular complexity index is 2600. The molecule has 0 atom stereocenters. The summed E-state index contributed by atoms with van der Waals surface area (Å²) >= 11 is 0. The zero-order valence-corrected chi connectivity index (χ0v) is 42.1. The van der Waals surface area contributed by atoms with Crippen molar-refractivity contribution < 1.29 is 28.7 Å². The molecule has 0 heterocycles. The highest BCUT2D eigenvalue weighted by atomic mass is 16.6. The maximum atomic E-state index is 13.5. The third-order valence-corrected chi connectivity index (χ3v) is 12.6. The van der Waals surface area contributed by atoms with E-state index in [2.05, 4.69) is 53.8 Å². The van der Waals surface area contributed by atoms with E-state index >= 15 is 0 Å². The number of carbonyl (C=O) groups excluding carboxylic acids is 4. The topological polar surface area (TPSA) is 108 Å². The molecular formula is C58H74N4O6. The fourth-order valence-electron chi connectivity index (χ4n) is 9.27. The van der Waals surface area contributed by atoms with E-state index in [9.17, 15) is 19.2 Å². The Morgan fingerprint density at radius 1 is 0.426 bits per heavy atom. The van der Waals surface area contributed by atoms with Crippen LogP contribution in [0.2, 0.25) is 0 Å². The fraction of sp³-hybridized carbons (Fsp3) is 0.448. The monoisotopic (exact) mass is 923 g/mol. The van der Waals surface area contributed by atoms with Crippen LogP contribution in [-0.2, 0) is 50.0 Å². The molecule has 0 spiro atoms. The Morgan fingerprint density at radius 3 is 1.04 bits per heavy atom. The highest BCUT2D eigenvalue weighted by molar-refractivity contribution is 6.07. The molecule has 6 aromatic carbocycles. The number of hydrogen-bond donors (Lipinski definition) is 1. The molecule has 68 heavy (non-hydrogen) atoms. The summed E-state index contributed by atoms with van der Waals surface area (Å²) in [7, 11) is 5.58. The van der Waals surface area contributed by atoms with Crippen LogP contribution in [0.5, 0.6) is 0 Å². The number of nitrogens with zero attached hydrogens (tertiary/aromatic N) is 3. The van der Waals surface area contributed by atoms with Crippen LogP contribution in [0.3, 0.4) is 0 Å². The van der Waals surface area contributed by atoms with Crippen LogP contribution < -0.4 is 5.32 Å². The molecule has 0 fully saturated rings. The third kappa shape index (κ3) is 13.8. The molecule has 0 aromatic heterocycles. The standard InChI is InChI=1S/C58H74N4O6/c1-57(2,3)67-55(65)37-59-36-49-41-26-18-20-28-43(41)50(44-29-21-19-27-42(44)49)38-60(7)53(63)34-16-14-12-10-11-13-15-17-35-54(64)61(8)39-51-45-30-22-24-32-47(45)52(48-33-25-23-31-46(48)51)40-62(9)56(66)68-58(4,5)6/h18-33,59H,10-17,34-40H2,1-9H3. The van der Waals surface area contributed by atoms with Gasteiger partial charge in [0.15, 0.2) is 0 Å². The lowest BCUT2D eigenvalue weighted by Crippen LogP contribution is -2.34. The van der Waals surface area contributed by atoms with Crippen LogP contribution in [-0.4, -0.2) is 77.5 Å². The summed E-state index contributed by atoms with van der Waals surface area (Å²) in [6, 6.07) is 33.2. The number of fused-ring (bicyclic) bond motifs is 4. The highest BCUT2D eigenvalue weighted by Gasteiger charge is 2.24. The number of esters is 1. The largest absolute Gasteiger partial charge is 0.459 e. The Hall–Kier alpha value is -6.00. The Morgan fingerprint density at radius 2 is 0.721 bits per heavy atom. The van der Waals surface area contributed by atoms with Gasteiger partial charge < -0.3 is 29.5 Å². The molecular weight excluding hydrogens is 849 g/mol. The average molecular weight is 923 g/mol. The second-order valence-corrected chi connectivity index (χ2v) is 20.5. The molecule has 1 N–H and O–H groups in total. The maximum Gasteiger partial charge on any atom is 0.410 e. The van der Waals surface area contributed by atoms with Crippen LogP contribution in [0.4, 0.5) is 4.79 Å². The first-order chi connectivity index (χ1) is 32.4. The minimum atomic E-state index is -0.584. The zero-order chi connectivity index (χ0) is 49.0. The Kier molecular flexibility index (Phi) is 17.6. The van der Waals surface area contributed by atoms with Crippen LogP contribution >= 0.6 is 0 Å². The Balaban J connectivity index is 0.929. The molecule has 0 bridgehead atoms. The quantitative estimate of drug-likeness (QED) is 0.0435. The van der Waals surface area contributed by atoms with E-state index in [1.807, 2.05) is 114 Å². The zero-order valence-electron chi connectivity index (χ0n) is 42.1. The third-order valence-electron chi connectivity index (χ3n) is 12.6. The van der Waals surface area contributed by atoms with Crippen molar-refractivity contribution in [3.8, 4) is 0 Å². The van der Waals surface area contributed by atoms with E-state index in [0.29, 0.717) is 39.0 Å². The molecule has 362 valence electrons. The molecule has 0 saturated carbocycles. The number of carbonyl (C=O) groups is 4. The number of amides is 3. The second kappa shape index (κ2) is 23.3. The first-order valence-electron chi connectivity index (χ1n) is 24.6. The lowest BCUT2D eigenvalue weighted by molar-refractivity contribution is -0.153. The highest BCUT2D eigenvalue weighted by Crippen LogP contribution is 2.36. The lowest BCUT2D eigenvalue weighted by atomic mass is 9.91. The summed E-state index contributed by atoms with van der Waals surface area (Å²) in [4.78, 5) is 57.6. The molecule has 0 unspecified atom stereocenters. The summed E-state index contributed by atoms with van der Waals surface area (Å²) in [6.07, 6.45) is 8.87. The van der Waals surface area contributed by atoms with Crippen LogP contribution in [0.25, 0.3) is 43.1 Å². The summed E-state index contributed by atoms with van der Waals surface area (Å²) in [6.45, 7) is 13.3. The smallest absolute Gasteiger partial charge is 0.410 e. The number of nitrogens with one attached hydrogen (secondary N) is 1. The van der Waals surface area contributed by atoms with Gasteiger partial charge in [0.2, 0.25) is 11.8 Å². The van der Waals surface area contributed by atoms with Crippen molar-refractivity contribution in [2.75, 3.05) is 27.7 Å². The van der Waals surface area contributed by atoms with Crippen molar-refractivity contribution >= 4 is 67.0 Å². The number of rotatable bonds is 21. The van der Waals surface area contributed by atoms with Gasteiger partial charge in [0.25, 0.3) is 0 Å². The molecule has 6 aromatic rings. The molecule has 0 aliphatic carbocycles. The van der Waals surface area contributed by atoms with Crippen LogP contribution in [0.15, 0.2) is 97.1 Å². The van der Waals surface area contributed by atoms with Crippen LogP contribution in [0.1, 0.15) is 128 Å². The van der Waals surface area contributed by atoms with Crippen molar-refractivity contribution in [2.45, 2.75) is 143 Å². The minimum Gasteiger partial charge on any atom is -0.459 e. The molecule has 10 heteroatoms. The van der Waals surface area contributed by atoms with E-state index in [4.69, 9.17) is 9.47 Å². The van der Waals surface area contributed by atoms with Gasteiger partial charge in [0.05, 0.1) is 6.54 Å². The van der Waals surface area contributed by atoms with E-state index in [-0.39, 0.29) is 30.4 Å². The SMILES string of the molecule is CN(Cc1c2ccccc2c(CNCC(=O)OC(C)(C)C)c2ccccc12)C(=O)CCCCCCCCCCC(=O)N(C)Cc1c2ccccc2c(CN(C)C(=O)OC(C)(C)C)c2ccccc12. The molecule has 3 amide bonds. The van der Waals surface area contributed by atoms with E-state index < -0.39 is 11.2 Å². The fourth-order valence-corrected chi connectivity index (χ4v) is 9.27. The predicted octanol–water partition coefficient (Wildman–Crippen LogP) is 12.6. The van der Waals surface area contributed by atoms with Crippen LogP contribution in [0, 0.1) is 0 Å². The average Bonchev–Trinajstić information content (AvgIpc) is 3.29. The molecule has 0 radical (unpaired) electrons. The first kappa shape index (κ1) is 51.4. The van der Waals surface area contributed by atoms with E-state index in [1.165, 1.54) is 0 Å². The number of ether oxygens (including phenoxy) is 2. The second-order valence-electron chi connectivity index (χ2n) is 20.5. The van der Waals surface area contributed by atoms with Gasteiger partial charge in [-0.1, -0.05) is 136 Å². The Labute approximate surface area is 404 Å². The van der Waals surface area contributed by atoms with Crippen molar-refractivity contribution in [3.63, 3.8) is 0 Å². The van der Waals surface area contributed by atoms with E-state index in [1.54, 1.807) is 11.9 Å². The predicted molar refractivity (Wildman–Crippen MR) is 277 cm³/mol. The van der Waals surface area contributed by atoms with Gasteiger partial charge in [-0.25, -0.2) is 4.79 Å². The summed E-state index contributed by atoms with van der Waals surface area (Å²) in [5.74, 6) is 0.0122. The number of unbranched alkanes of at least 4 members (excludes halogenated alkanes) is 7. The van der Waals surface area contributed by atoms with Gasteiger partial charge in [0, 0.05) is 60.2 Å². The maximum absolute atomic E-state index is 13.5. The minimum absolute atomic E-state index is 0.121. The van der Waals surface area contributed by atoms with Crippen molar-refractivity contribution in [1.82, 2.24) is 20.0 Å². The summed E-state index contributed by atoms with van der Waals surface area (Å²) in [5.41, 5.74) is 3.31. The van der Waals surface area contributed by atoms with Gasteiger partial charge in [0.1, 0.15) is 11.2 Å². The van der Waals surface area contributed by atoms with Gasteiger partial charge in [-0.05, 0) is 120 Å². The lowest BCUT2D eigenvalue weighted by Gasteiger charge is -2.26.